The van der Waals surface area contributed by atoms with Gasteiger partial charge in [-0.15, -0.1) is 0 Å². The molecule has 0 bridgehead atoms. The van der Waals surface area contributed by atoms with Gasteiger partial charge in [-0.25, -0.2) is 4.79 Å². The molecule has 1 saturated heterocycles. The number of likely N-dealkylation sites (tertiary alicyclic amines) is 1. The highest BCUT2D eigenvalue weighted by atomic mass is 16.6. The van der Waals surface area contributed by atoms with Crippen LogP contribution in [-0.4, -0.2) is 39.6 Å². The number of rotatable bonds is 1. The lowest BCUT2D eigenvalue weighted by Crippen LogP contribution is -2.50. The minimum atomic E-state index is -2.94. The maximum atomic E-state index is 12.2. The zero-order chi connectivity index (χ0) is 19.6. The zero-order valence-corrected chi connectivity index (χ0v) is 10.1. The second-order valence-corrected chi connectivity index (χ2v) is 4.58. The molecule has 98 valence electrons. The van der Waals surface area contributed by atoms with Gasteiger partial charge in [0.2, 0.25) is 0 Å². The van der Waals surface area contributed by atoms with Crippen LogP contribution in [0.1, 0.15) is 42.0 Å². The molecule has 1 N–H and O–H groups in total. The van der Waals surface area contributed by atoms with Gasteiger partial charge >= 0.3 is 6.09 Å². The van der Waals surface area contributed by atoms with Crippen molar-refractivity contribution in [1.82, 2.24) is 14.9 Å². The summed E-state index contributed by atoms with van der Waals surface area (Å²) in [5.74, 6) is -2.84. The number of nitrogens with zero attached hydrogens (tertiary/aromatic N) is 2. The van der Waals surface area contributed by atoms with E-state index in [1.165, 1.54) is 20.8 Å². The van der Waals surface area contributed by atoms with Crippen molar-refractivity contribution in [2.24, 2.45) is 0 Å². The monoisotopic (exact) mass is 258 g/mol. The van der Waals surface area contributed by atoms with Gasteiger partial charge in [-0.1, -0.05) is 0 Å². The number of aromatic amines is 1. The van der Waals surface area contributed by atoms with Crippen LogP contribution in [0.4, 0.5) is 4.79 Å². The summed E-state index contributed by atoms with van der Waals surface area (Å²) in [6.45, 7) is -1.34. The summed E-state index contributed by atoms with van der Waals surface area (Å²) < 4.78 is 60.2. The van der Waals surface area contributed by atoms with E-state index in [0.717, 1.165) is 0 Å². The quantitative estimate of drug-likeness (QED) is 0.818. The summed E-state index contributed by atoms with van der Waals surface area (Å²) in [5, 5.41) is 0. The molecule has 0 radical (unpaired) electrons. The van der Waals surface area contributed by atoms with Crippen molar-refractivity contribution in [2.45, 2.75) is 32.3 Å². The van der Waals surface area contributed by atoms with Crippen LogP contribution >= 0.6 is 0 Å². The van der Waals surface area contributed by atoms with Gasteiger partial charge in [0, 0.05) is 32.1 Å². The standard InChI is InChI=1S/C12H17N3O3/c1-12(2,3)18-11(17)15-6-8(7-15)9-4-13-5-10(16)14-9/h4-5,8H,6-7H2,1-3H3,(H,14,16)/i4D,5D,6D2,7D2,8D. The van der Waals surface area contributed by atoms with E-state index in [-0.39, 0.29) is 4.90 Å². The molecule has 1 aromatic heterocycles. The molecule has 6 nitrogen and oxygen atoms in total. The molecule has 0 unspecified atom stereocenters. The van der Waals surface area contributed by atoms with E-state index >= 15 is 0 Å². The van der Waals surface area contributed by atoms with Crippen LogP contribution < -0.4 is 5.56 Å². The van der Waals surface area contributed by atoms with Gasteiger partial charge in [-0.05, 0) is 20.8 Å². The Labute approximate surface area is 115 Å². The summed E-state index contributed by atoms with van der Waals surface area (Å²) >= 11 is 0. The smallest absolute Gasteiger partial charge is 0.410 e. The van der Waals surface area contributed by atoms with Crippen molar-refractivity contribution in [3.8, 4) is 0 Å². The van der Waals surface area contributed by atoms with Gasteiger partial charge < -0.3 is 14.6 Å². The highest BCUT2D eigenvalue weighted by molar-refractivity contribution is 5.69. The third kappa shape index (κ3) is 2.88. The van der Waals surface area contributed by atoms with Crippen LogP contribution in [0.25, 0.3) is 0 Å². The Morgan fingerprint density at radius 1 is 1.67 bits per heavy atom. The van der Waals surface area contributed by atoms with Crippen LogP contribution in [0.15, 0.2) is 17.1 Å². The minimum absolute atomic E-state index is 0.116. The van der Waals surface area contributed by atoms with Crippen molar-refractivity contribution in [3.05, 3.63) is 28.4 Å². The molecule has 2 rings (SSSR count). The summed E-state index contributed by atoms with van der Waals surface area (Å²) in [5.41, 5.74) is -2.88. The summed E-state index contributed by atoms with van der Waals surface area (Å²) in [7, 11) is 0. The molecule has 0 atom stereocenters. The summed E-state index contributed by atoms with van der Waals surface area (Å²) in [6.07, 6.45) is -2.96. The van der Waals surface area contributed by atoms with Crippen molar-refractivity contribution in [1.29, 1.82) is 0 Å². The molecular weight excluding hydrogens is 234 g/mol. The lowest BCUT2D eigenvalue weighted by molar-refractivity contribution is 0.00783. The Hall–Kier alpha value is -1.85. The third-order valence-corrected chi connectivity index (χ3v) is 1.84. The first-order valence-corrected chi connectivity index (χ1v) is 5.18. The molecule has 0 aromatic carbocycles. The second-order valence-electron chi connectivity index (χ2n) is 4.58. The number of nitrogens with one attached hydrogen (secondary N) is 1. The predicted octanol–water partition coefficient (Wildman–Crippen LogP) is 1.10. The molecular formula is C12H17N3O3. The highest BCUT2D eigenvalue weighted by Crippen LogP contribution is 2.26. The van der Waals surface area contributed by atoms with Crippen molar-refractivity contribution >= 4 is 6.09 Å². The van der Waals surface area contributed by atoms with E-state index in [1.807, 2.05) is 4.98 Å². The van der Waals surface area contributed by atoms with Gasteiger partial charge in [-0.3, -0.25) is 9.78 Å². The van der Waals surface area contributed by atoms with Crippen LogP contribution in [0.3, 0.4) is 0 Å². The molecule has 1 aliphatic heterocycles. The Kier molecular flexibility index (Phi) is 1.57. The van der Waals surface area contributed by atoms with Gasteiger partial charge in [-0.2, -0.15) is 0 Å². The number of amides is 1. The van der Waals surface area contributed by atoms with E-state index in [9.17, 15) is 9.59 Å². The first-order valence-electron chi connectivity index (χ1n) is 8.68. The van der Waals surface area contributed by atoms with Crippen molar-refractivity contribution in [3.63, 3.8) is 0 Å². The van der Waals surface area contributed by atoms with E-state index in [2.05, 4.69) is 4.98 Å². The van der Waals surface area contributed by atoms with Gasteiger partial charge in [0.15, 0.2) is 0 Å². The number of H-pyrrole nitrogens is 1. The van der Waals surface area contributed by atoms with Gasteiger partial charge in [0.25, 0.3) is 5.56 Å². The lowest BCUT2D eigenvalue weighted by Gasteiger charge is -2.39. The number of carbonyl (C=O) groups is 1. The fraction of sp³-hybridized carbons (Fsp3) is 0.583. The SMILES string of the molecule is [2H]c1nc([2H])c(=O)[nH]c1C1([2H])C([2H])([2H])N(C(=O)OC(C)(C)C)C1([2H])[2H]. The molecule has 0 saturated carbocycles. The fourth-order valence-corrected chi connectivity index (χ4v) is 1.16. The Bertz CT molecular complexity index is 771. The number of ether oxygens (including phenoxy) is 1. The van der Waals surface area contributed by atoms with E-state index in [1.54, 1.807) is 0 Å². The minimum Gasteiger partial charge on any atom is -0.444 e. The third-order valence-electron chi connectivity index (χ3n) is 1.84. The molecule has 0 spiro atoms. The van der Waals surface area contributed by atoms with E-state index in [0.29, 0.717) is 0 Å². The maximum absolute atomic E-state index is 12.2. The van der Waals surface area contributed by atoms with E-state index in [4.69, 9.17) is 14.3 Å². The number of hydrogen-bond acceptors (Lipinski definition) is 4. The average molecular weight is 258 g/mol. The molecule has 1 aliphatic rings. The first-order chi connectivity index (χ1) is 11.1. The molecule has 1 amide bonds. The maximum Gasteiger partial charge on any atom is 0.410 e. The molecule has 0 aliphatic carbocycles. The number of hydrogen-bond donors (Lipinski definition) is 1. The van der Waals surface area contributed by atoms with Gasteiger partial charge in [0.1, 0.15) is 5.60 Å². The largest absolute Gasteiger partial charge is 0.444 e. The van der Waals surface area contributed by atoms with Gasteiger partial charge in [0.05, 0.1) is 14.4 Å². The second kappa shape index (κ2) is 4.44. The van der Waals surface area contributed by atoms with Crippen LogP contribution in [0, 0.1) is 0 Å². The summed E-state index contributed by atoms with van der Waals surface area (Å²) in [4.78, 5) is 29.1. The van der Waals surface area contributed by atoms with Crippen LogP contribution in [-0.2, 0) is 4.74 Å². The number of aromatic nitrogens is 2. The molecule has 2 heterocycles. The average Bonchev–Trinajstić information content (AvgIpc) is 2.38. The summed E-state index contributed by atoms with van der Waals surface area (Å²) in [6, 6.07) is 0. The molecule has 6 heteroatoms. The molecule has 1 fully saturated rings. The van der Waals surface area contributed by atoms with Crippen molar-refractivity contribution in [2.75, 3.05) is 13.0 Å². The topological polar surface area (TPSA) is 75.3 Å². The Morgan fingerprint density at radius 2 is 2.33 bits per heavy atom. The zero-order valence-electron chi connectivity index (χ0n) is 17.1. The Balaban J connectivity index is 2.56. The predicted molar refractivity (Wildman–Crippen MR) is 65.4 cm³/mol. The van der Waals surface area contributed by atoms with Crippen molar-refractivity contribution < 1.29 is 19.1 Å². The fourth-order valence-electron chi connectivity index (χ4n) is 1.16. The van der Waals surface area contributed by atoms with Crippen LogP contribution in [0.5, 0.6) is 0 Å². The highest BCUT2D eigenvalue weighted by Gasteiger charge is 2.35. The van der Waals surface area contributed by atoms with E-state index < -0.39 is 54.2 Å². The normalized spacial score (nSPS) is 29.3. The number of carbonyl (C=O) groups excluding carboxylic acids is 1. The Morgan fingerprint density at radius 3 is 2.94 bits per heavy atom. The first kappa shape index (κ1) is 6.36. The molecule has 1 aromatic rings. The van der Waals surface area contributed by atoms with Crippen LogP contribution in [0.2, 0.25) is 0 Å². The lowest BCUT2D eigenvalue weighted by atomic mass is 9.97. The molecule has 18 heavy (non-hydrogen) atoms.